The molecule has 0 N–H and O–H groups in total. The Morgan fingerprint density at radius 2 is 1.45 bits per heavy atom. The number of ether oxygens (including phenoxy) is 1. The van der Waals surface area contributed by atoms with E-state index in [0.29, 0.717) is 16.3 Å². The van der Waals surface area contributed by atoms with Gasteiger partial charge in [-0.05, 0) is 46.3 Å². The molecule has 0 fully saturated rings. The maximum atomic E-state index is 13.2. The van der Waals surface area contributed by atoms with Crippen molar-refractivity contribution in [3.8, 4) is 11.1 Å². The minimum atomic E-state index is -0.404. The molecule has 0 saturated carbocycles. The molecule has 3 heteroatoms. The van der Waals surface area contributed by atoms with Gasteiger partial charge >= 0.3 is 5.97 Å². The first-order valence-electron chi connectivity index (χ1n) is 9.66. The van der Waals surface area contributed by atoms with Crippen LogP contribution in [0.25, 0.3) is 43.4 Å². The molecule has 0 spiro atoms. The number of carbonyl (C=O) groups is 1. The first-order valence-corrected chi connectivity index (χ1v) is 9.66. The molecule has 29 heavy (non-hydrogen) atoms. The predicted octanol–water partition coefficient (Wildman–Crippen LogP) is 5.79. The van der Waals surface area contributed by atoms with Crippen molar-refractivity contribution in [1.82, 2.24) is 0 Å². The average molecular weight is 378 g/mol. The Kier molecular flexibility index (Phi) is 4.02. The lowest BCUT2D eigenvalue weighted by Gasteiger charge is -2.02. The van der Waals surface area contributed by atoms with Crippen LogP contribution >= 0.6 is 0 Å². The third-order valence-electron chi connectivity index (χ3n) is 5.43. The summed E-state index contributed by atoms with van der Waals surface area (Å²) in [6.45, 7) is 2.07. The van der Waals surface area contributed by atoms with Gasteiger partial charge in [0.1, 0.15) is 0 Å². The van der Waals surface area contributed by atoms with Crippen LogP contribution in [0.5, 0.6) is 0 Å². The van der Waals surface area contributed by atoms with Gasteiger partial charge in [-0.15, -0.1) is 0 Å². The van der Waals surface area contributed by atoms with E-state index in [1.165, 1.54) is 0 Å². The van der Waals surface area contributed by atoms with E-state index < -0.39 is 5.97 Å². The predicted molar refractivity (Wildman–Crippen MR) is 118 cm³/mol. The standard InChI is InChI=1S/C26H18O3/c1-2-29-26(28)22-15-23-24-19(18-10-6-7-11-20(18)25(23)27)13-12-17(14-21(22)24)16-8-4-3-5-9-16/h3-15H,2H2,1H3. The molecule has 5 aromatic rings. The Hall–Kier alpha value is -3.72. The van der Waals surface area contributed by atoms with Crippen LogP contribution < -0.4 is 5.43 Å². The van der Waals surface area contributed by atoms with Crippen LogP contribution in [0.3, 0.4) is 0 Å². The molecular weight excluding hydrogens is 360 g/mol. The van der Waals surface area contributed by atoms with Crippen molar-refractivity contribution in [1.29, 1.82) is 0 Å². The van der Waals surface area contributed by atoms with E-state index in [2.05, 4.69) is 6.07 Å². The van der Waals surface area contributed by atoms with Gasteiger partial charge in [0.25, 0.3) is 0 Å². The van der Waals surface area contributed by atoms with Crippen molar-refractivity contribution in [3.05, 3.63) is 94.6 Å². The molecule has 0 radical (unpaired) electrons. The van der Waals surface area contributed by atoms with Crippen LogP contribution in [0.15, 0.2) is 83.7 Å². The summed E-state index contributed by atoms with van der Waals surface area (Å²) in [7, 11) is 0. The Morgan fingerprint density at radius 3 is 2.21 bits per heavy atom. The summed E-state index contributed by atoms with van der Waals surface area (Å²) in [6, 6.07) is 25.4. The van der Waals surface area contributed by atoms with Crippen molar-refractivity contribution in [2.24, 2.45) is 0 Å². The van der Waals surface area contributed by atoms with E-state index >= 15 is 0 Å². The fourth-order valence-corrected chi connectivity index (χ4v) is 4.13. The van der Waals surface area contributed by atoms with Gasteiger partial charge < -0.3 is 4.74 Å². The quantitative estimate of drug-likeness (QED) is 0.373. The Balaban J connectivity index is 2.00. The van der Waals surface area contributed by atoms with Crippen LogP contribution in [0.1, 0.15) is 17.3 Å². The zero-order valence-corrected chi connectivity index (χ0v) is 15.9. The lowest BCUT2D eigenvalue weighted by Crippen LogP contribution is -2.03. The van der Waals surface area contributed by atoms with Gasteiger partial charge in [0.05, 0.1) is 12.2 Å². The second-order valence-corrected chi connectivity index (χ2v) is 7.07. The molecule has 0 aliphatic carbocycles. The molecule has 140 valence electrons. The van der Waals surface area contributed by atoms with E-state index in [4.69, 9.17) is 4.74 Å². The summed E-state index contributed by atoms with van der Waals surface area (Å²) in [5.41, 5.74) is 2.41. The van der Waals surface area contributed by atoms with Crippen LogP contribution in [0, 0.1) is 0 Å². The van der Waals surface area contributed by atoms with Gasteiger partial charge in [-0.2, -0.15) is 0 Å². The lowest BCUT2D eigenvalue weighted by molar-refractivity contribution is 0.0529. The van der Waals surface area contributed by atoms with Crippen LogP contribution in [-0.4, -0.2) is 12.6 Å². The molecule has 0 aliphatic heterocycles. The highest BCUT2D eigenvalue weighted by atomic mass is 16.5. The molecule has 0 bridgehead atoms. The summed E-state index contributed by atoms with van der Waals surface area (Å²) in [6.07, 6.45) is 0. The Morgan fingerprint density at radius 1 is 0.724 bits per heavy atom. The Bertz CT molecular complexity index is 1440. The molecular formula is C26H18O3. The second-order valence-electron chi connectivity index (χ2n) is 7.07. The van der Waals surface area contributed by atoms with E-state index in [1.807, 2.05) is 66.7 Å². The largest absolute Gasteiger partial charge is 0.462 e. The molecule has 0 aromatic heterocycles. The SMILES string of the molecule is CCOC(=O)c1cc2c(=O)c3ccccc3c3ccc(-c4ccccc4)cc1c23. The summed E-state index contributed by atoms with van der Waals surface area (Å²) in [5.74, 6) is -0.404. The van der Waals surface area contributed by atoms with Gasteiger partial charge in [0, 0.05) is 16.2 Å². The molecule has 0 saturated heterocycles. The highest BCUT2D eigenvalue weighted by Gasteiger charge is 2.20. The van der Waals surface area contributed by atoms with Gasteiger partial charge in [0.15, 0.2) is 5.43 Å². The van der Waals surface area contributed by atoms with Crippen molar-refractivity contribution in [2.45, 2.75) is 6.92 Å². The van der Waals surface area contributed by atoms with Crippen LogP contribution in [0.4, 0.5) is 0 Å². The minimum Gasteiger partial charge on any atom is -0.462 e. The monoisotopic (exact) mass is 378 g/mol. The number of benzene rings is 3. The van der Waals surface area contributed by atoms with E-state index in [-0.39, 0.29) is 12.0 Å². The van der Waals surface area contributed by atoms with Crippen LogP contribution in [-0.2, 0) is 4.74 Å². The average Bonchev–Trinajstić information content (AvgIpc) is 3.01. The van der Waals surface area contributed by atoms with Gasteiger partial charge in [-0.3, -0.25) is 4.79 Å². The second kappa shape index (κ2) is 6.71. The lowest BCUT2D eigenvalue weighted by atomic mass is 10.0. The summed E-state index contributed by atoms with van der Waals surface area (Å²) in [5, 5.41) is 4.65. The highest BCUT2D eigenvalue weighted by molar-refractivity contribution is 6.26. The smallest absolute Gasteiger partial charge is 0.338 e. The molecule has 0 aliphatic rings. The van der Waals surface area contributed by atoms with E-state index in [1.54, 1.807) is 13.0 Å². The van der Waals surface area contributed by atoms with E-state index in [9.17, 15) is 9.59 Å². The van der Waals surface area contributed by atoms with Crippen LogP contribution in [0.2, 0.25) is 0 Å². The molecule has 0 unspecified atom stereocenters. The Labute approximate surface area is 167 Å². The maximum Gasteiger partial charge on any atom is 0.338 e. The number of hydrogen-bond acceptors (Lipinski definition) is 3. The summed E-state index contributed by atoms with van der Waals surface area (Å²) >= 11 is 0. The van der Waals surface area contributed by atoms with Crippen molar-refractivity contribution in [2.75, 3.05) is 6.61 Å². The number of hydrogen-bond donors (Lipinski definition) is 0. The zero-order valence-electron chi connectivity index (χ0n) is 15.9. The third-order valence-corrected chi connectivity index (χ3v) is 5.43. The summed E-state index contributed by atoms with van der Waals surface area (Å²) < 4.78 is 5.29. The zero-order chi connectivity index (χ0) is 20.0. The molecule has 0 amide bonds. The normalized spacial score (nSPS) is 11.3. The van der Waals surface area contributed by atoms with Gasteiger partial charge in [-0.25, -0.2) is 4.79 Å². The van der Waals surface area contributed by atoms with E-state index in [0.717, 1.165) is 32.7 Å². The maximum absolute atomic E-state index is 13.2. The molecule has 5 rings (SSSR count). The van der Waals surface area contributed by atoms with Gasteiger partial charge in [0.2, 0.25) is 0 Å². The molecule has 5 aromatic carbocycles. The fraction of sp³-hybridized carbons (Fsp3) is 0.0769. The topological polar surface area (TPSA) is 43.4 Å². The summed E-state index contributed by atoms with van der Waals surface area (Å²) in [4.78, 5) is 25.9. The molecule has 0 heterocycles. The van der Waals surface area contributed by atoms with Crippen molar-refractivity contribution in [3.63, 3.8) is 0 Å². The van der Waals surface area contributed by atoms with Crippen molar-refractivity contribution >= 4 is 38.3 Å². The highest BCUT2D eigenvalue weighted by Crippen LogP contribution is 2.36. The number of rotatable bonds is 3. The number of esters is 1. The number of carbonyl (C=O) groups excluding carboxylic acids is 1. The van der Waals surface area contributed by atoms with Gasteiger partial charge in [-0.1, -0.05) is 66.7 Å². The minimum absolute atomic E-state index is 0.0545. The number of fused-ring (bicyclic) bond motifs is 2. The van der Waals surface area contributed by atoms with Crippen molar-refractivity contribution < 1.29 is 9.53 Å². The third kappa shape index (κ3) is 2.66. The molecule has 3 nitrogen and oxygen atoms in total. The first kappa shape index (κ1) is 17.4. The molecule has 0 atom stereocenters. The first-order chi connectivity index (χ1) is 14.2. The fourth-order valence-electron chi connectivity index (χ4n) is 4.13.